The third-order valence-electron chi connectivity index (χ3n) is 4.86. The third-order valence-corrected chi connectivity index (χ3v) is 4.86. The average molecular weight is 378 g/mol. The molecule has 1 aliphatic rings. The predicted molar refractivity (Wildman–Crippen MR) is 97.5 cm³/mol. The first-order valence-electron chi connectivity index (χ1n) is 8.58. The molecular weight excluding hydrogens is 359 g/mol. The van der Waals surface area contributed by atoms with E-state index in [1.54, 1.807) is 18.2 Å². The van der Waals surface area contributed by atoms with Crippen LogP contribution in [0.4, 0.5) is 22.0 Å². The maximum absolute atomic E-state index is 13.5. The molecule has 27 heavy (non-hydrogen) atoms. The van der Waals surface area contributed by atoms with Crippen LogP contribution >= 0.6 is 0 Å². The first-order valence-corrected chi connectivity index (χ1v) is 8.58. The van der Waals surface area contributed by atoms with Gasteiger partial charge in [0.05, 0.1) is 5.56 Å². The molecule has 1 aliphatic carbocycles. The first kappa shape index (κ1) is 19.3. The lowest BCUT2D eigenvalue weighted by atomic mass is 9.95. The van der Waals surface area contributed by atoms with Crippen LogP contribution in [0, 0.1) is 0 Å². The Morgan fingerprint density at radius 3 is 1.93 bits per heavy atom. The summed E-state index contributed by atoms with van der Waals surface area (Å²) in [6.07, 6.45) is -3.76. The molecule has 2 aromatic rings. The van der Waals surface area contributed by atoms with E-state index in [0.717, 1.165) is 23.3 Å². The largest absolute Gasteiger partial charge is 0.416 e. The molecule has 0 bridgehead atoms. The molecule has 142 valence electrons. The van der Waals surface area contributed by atoms with Gasteiger partial charge in [0.2, 0.25) is 0 Å². The molecule has 0 spiro atoms. The van der Waals surface area contributed by atoms with E-state index in [2.05, 4.69) is 13.2 Å². The molecule has 0 saturated heterocycles. The summed E-state index contributed by atoms with van der Waals surface area (Å²) in [5, 5.41) is 0. The highest BCUT2D eigenvalue weighted by Crippen LogP contribution is 2.36. The van der Waals surface area contributed by atoms with Gasteiger partial charge in [-0.2, -0.15) is 13.2 Å². The average Bonchev–Trinajstić information content (AvgIpc) is 2.91. The van der Waals surface area contributed by atoms with Gasteiger partial charge >= 0.3 is 6.18 Å². The van der Waals surface area contributed by atoms with E-state index >= 15 is 0 Å². The van der Waals surface area contributed by atoms with Gasteiger partial charge in [0, 0.05) is 12.8 Å². The molecule has 0 saturated carbocycles. The van der Waals surface area contributed by atoms with Crippen molar-refractivity contribution in [2.24, 2.45) is 0 Å². The molecule has 0 fully saturated rings. The Bertz CT molecular complexity index is 873. The monoisotopic (exact) mass is 378 g/mol. The van der Waals surface area contributed by atoms with E-state index in [-0.39, 0.29) is 12.8 Å². The lowest BCUT2D eigenvalue weighted by molar-refractivity contribution is -0.137. The van der Waals surface area contributed by atoms with Crippen LogP contribution in [0.5, 0.6) is 0 Å². The van der Waals surface area contributed by atoms with E-state index in [1.807, 2.05) is 0 Å². The van der Waals surface area contributed by atoms with E-state index in [9.17, 15) is 22.0 Å². The molecular formula is C22H19F5. The zero-order chi connectivity index (χ0) is 19.8. The van der Waals surface area contributed by atoms with Gasteiger partial charge in [-0.3, -0.25) is 0 Å². The number of benzene rings is 2. The highest BCUT2D eigenvalue weighted by atomic mass is 19.4. The van der Waals surface area contributed by atoms with Crippen LogP contribution in [0.25, 0.3) is 11.1 Å². The van der Waals surface area contributed by atoms with E-state index in [1.165, 1.54) is 12.1 Å². The van der Waals surface area contributed by atoms with Crippen LogP contribution < -0.4 is 0 Å². The number of hydrogen-bond acceptors (Lipinski definition) is 0. The highest BCUT2D eigenvalue weighted by Gasteiger charge is 2.37. The Labute approximate surface area is 155 Å². The maximum atomic E-state index is 13.5. The summed E-state index contributed by atoms with van der Waals surface area (Å²) >= 11 is 0. The van der Waals surface area contributed by atoms with Crippen molar-refractivity contribution in [1.29, 1.82) is 0 Å². The van der Waals surface area contributed by atoms with Crippen LogP contribution in [0.1, 0.15) is 40.7 Å². The van der Waals surface area contributed by atoms with Gasteiger partial charge in [-0.1, -0.05) is 43.5 Å². The van der Waals surface area contributed by atoms with Gasteiger partial charge in [0.25, 0.3) is 5.92 Å². The minimum atomic E-state index is -4.36. The van der Waals surface area contributed by atoms with Crippen molar-refractivity contribution in [3.8, 4) is 0 Å². The summed E-state index contributed by atoms with van der Waals surface area (Å²) in [6.45, 7) is 7.96. The molecule has 5 heteroatoms. The lowest BCUT2D eigenvalue weighted by Gasteiger charge is -2.11. The van der Waals surface area contributed by atoms with Crippen molar-refractivity contribution >= 4 is 11.1 Å². The van der Waals surface area contributed by atoms with Crippen molar-refractivity contribution in [3.05, 3.63) is 83.4 Å². The number of fused-ring (bicyclic) bond motifs is 1. The van der Waals surface area contributed by atoms with Crippen molar-refractivity contribution < 1.29 is 22.0 Å². The summed E-state index contributed by atoms with van der Waals surface area (Å²) in [5.41, 5.74) is 3.58. The quantitative estimate of drug-likeness (QED) is 0.494. The van der Waals surface area contributed by atoms with Gasteiger partial charge in [-0.05, 0) is 58.4 Å². The molecule has 0 aliphatic heterocycles. The standard InChI is InChI=1S/C22H19F5/c1-14(16-7-9-20(10-8-16)22(25,26)27)3-4-15(2)17-5-6-18-12-21(23,24)13-19(18)11-17/h5-11H,1-4,12-13H2. The smallest absolute Gasteiger partial charge is 0.206 e. The number of rotatable bonds is 5. The fourth-order valence-electron chi connectivity index (χ4n) is 3.29. The Hall–Kier alpha value is -2.43. The van der Waals surface area contributed by atoms with Gasteiger partial charge in [-0.15, -0.1) is 0 Å². The highest BCUT2D eigenvalue weighted by molar-refractivity contribution is 5.69. The topological polar surface area (TPSA) is 0 Å². The molecule has 0 atom stereocenters. The second-order valence-electron chi connectivity index (χ2n) is 6.98. The van der Waals surface area contributed by atoms with E-state index in [4.69, 9.17) is 0 Å². The molecule has 0 aromatic heterocycles. The molecule has 0 nitrogen and oxygen atoms in total. The molecule has 0 unspecified atom stereocenters. The summed E-state index contributed by atoms with van der Waals surface area (Å²) in [5.74, 6) is -2.68. The summed E-state index contributed by atoms with van der Waals surface area (Å²) < 4.78 is 64.9. The van der Waals surface area contributed by atoms with Crippen LogP contribution in [-0.4, -0.2) is 5.92 Å². The Kier molecular flexibility index (Phi) is 4.98. The van der Waals surface area contributed by atoms with Crippen LogP contribution in [0.3, 0.4) is 0 Å². The van der Waals surface area contributed by atoms with Gasteiger partial charge < -0.3 is 0 Å². The van der Waals surface area contributed by atoms with E-state index in [0.29, 0.717) is 35.1 Å². The zero-order valence-corrected chi connectivity index (χ0v) is 14.7. The molecule has 0 heterocycles. The summed E-state index contributed by atoms with van der Waals surface area (Å²) in [7, 11) is 0. The van der Waals surface area contributed by atoms with Gasteiger partial charge in [-0.25, -0.2) is 8.78 Å². The van der Waals surface area contributed by atoms with Crippen LogP contribution in [0.2, 0.25) is 0 Å². The fraction of sp³-hybridized carbons (Fsp3) is 0.273. The molecule has 0 radical (unpaired) electrons. The number of alkyl halides is 5. The first-order chi connectivity index (χ1) is 12.5. The summed E-state index contributed by atoms with van der Waals surface area (Å²) in [6, 6.07) is 10.2. The minimum Gasteiger partial charge on any atom is -0.206 e. The third kappa shape index (κ3) is 4.46. The summed E-state index contributed by atoms with van der Waals surface area (Å²) in [4.78, 5) is 0. The normalized spacial score (nSPS) is 15.4. The SMILES string of the molecule is C=C(CCC(=C)c1ccc2c(c1)CC(F)(F)C2)c1ccc(C(F)(F)F)cc1. The van der Waals surface area contributed by atoms with E-state index < -0.39 is 17.7 Å². The molecule has 3 rings (SSSR count). The minimum absolute atomic E-state index is 0.222. The predicted octanol–water partition coefficient (Wildman–Crippen LogP) is 6.95. The van der Waals surface area contributed by atoms with Gasteiger partial charge in [0.15, 0.2) is 0 Å². The second-order valence-corrected chi connectivity index (χ2v) is 6.98. The van der Waals surface area contributed by atoms with Crippen LogP contribution in [-0.2, 0) is 19.0 Å². The van der Waals surface area contributed by atoms with Crippen molar-refractivity contribution in [2.75, 3.05) is 0 Å². The van der Waals surface area contributed by atoms with Crippen molar-refractivity contribution in [3.63, 3.8) is 0 Å². The number of allylic oxidation sites excluding steroid dienone is 2. The van der Waals surface area contributed by atoms with Crippen LogP contribution in [0.15, 0.2) is 55.6 Å². The number of halogens is 5. The molecule has 0 N–H and O–H groups in total. The Balaban J connectivity index is 1.62. The Morgan fingerprint density at radius 2 is 1.33 bits per heavy atom. The number of hydrogen-bond donors (Lipinski definition) is 0. The maximum Gasteiger partial charge on any atom is 0.416 e. The Morgan fingerprint density at radius 1 is 0.815 bits per heavy atom. The zero-order valence-electron chi connectivity index (χ0n) is 14.7. The lowest BCUT2D eigenvalue weighted by Crippen LogP contribution is -2.14. The second kappa shape index (κ2) is 6.95. The van der Waals surface area contributed by atoms with Crippen molar-refractivity contribution in [1.82, 2.24) is 0 Å². The fourth-order valence-corrected chi connectivity index (χ4v) is 3.29. The molecule has 2 aromatic carbocycles. The molecule has 0 amide bonds. The van der Waals surface area contributed by atoms with Gasteiger partial charge in [0.1, 0.15) is 0 Å². The van der Waals surface area contributed by atoms with Crippen molar-refractivity contribution in [2.45, 2.75) is 37.8 Å².